The van der Waals surface area contributed by atoms with Crippen molar-refractivity contribution in [1.82, 2.24) is 9.62 Å². The second-order valence-electron chi connectivity index (χ2n) is 6.69. The Balaban J connectivity index is 2.08. The predicted octanol–water partition coefficient (Wildman–Crippen LogP) is 3.61. The zero-order valence-electron chi connectivity index (χ0n) is 17.4. The van der Waals surface area contributed by atoms with Crippen LogP contribution < -0.4 is 10.1 Å². The van der Waals surface area contributed by atoms with Crippen LogP contribution in [0.2, 0.25) is 0 Å². The van der Waals surface area contributed by atoms with Gasteiger partial charge in [0.15, 0.2) is 0 Å². The molecule has 2 rings (SSSR count). The van der Waals surface area contributed by atoms with Gasteiger partial charge in [0.1, 0.15) is 5.75 Å². The molecule has 29 heavy (non-hydrogen) atoms. The van der Waals surface area contributed by atoms with Gasteiger partial charge in [-0.05, 0) is 61.1 Å². The molecule has 0 radical (unpaired) electrons. The molecule has 0 bridgehead atoms. The molecule has 0 aliphatic carbocycles. The summed E-state index contributed by atoms with van der Waals surface area (Å²) in [5.74, 6) is 0.436. The second kappa shape index (κ2) is 10.1. The SMILES string of the molecule is CCC(NC(=O)CN(C)S(=O)(=O)c1ccc(SC)cc1)c1ccc(OC)c(C)c1. The highest BCUT2D eigenvalue weighted by Gasteiger charge is 2.24. The number of benzene rings is 2. The van der Waals surface area contributed by atoms with Crippen LogP contribution >= 0.6 is 11.8 Å². The van der Waals surface area contributed by atoms with E-state index >= 15 is 0 Å². The molecule has 1 amide bonds. The van der Waals surface area contributed by atoms with Crippen LogP contribution in [0.25, 0.3) is 0 Å². The van der Waals surface area contributed by atoms with E-state index in [1.54, 1.807) is 31.4 Å². The number of ether oxygens (including phenoxy) is 1. The summed E-state index contributed by atoms with van der Waals surface area (Å²) in [5.41, 5.74) is 1.93. The smallest absolute Gasteiger partial charge is 0.243 e. The van der Waals surface area contributed by atoms with Crippen molar-refractivity contribution >= 4 is 27.7 Å². The fourth-order valence-corrected chi connectivity index (χ4v) is 4.53. The van der Waals surface area contributed by atoms with Crippen LogP contribution in [0.3, 0.4) is 0 Å². The summed E-state index contributed by atoms with van der Waals surface area (Å²) < 4.78 is 31.8. The van der Waals surface area contributed by atoms with E-state index in [0.717, 1.165) is 26.1 Å². The van der Waals surface area contributed by atoms with Crippen LogP contribution in [0, 0.1) is 6.92 Å². The molecule has 0 saturated carbocycles. The van der Waals surface area contributed by atoms with Crippen molar-refractivity contribution < 1.29 is 17.9 Å². The number of nitrogens with zero attached hydrogens (tertiary/aromatic N) is 1. The van der Waals surface area contributed by atoms with E-state index in [-0.39, 0.29) is 23.4 Å². The summed E-state index contributed by atoms with van der Waals surface area (Å²) in [5, 5.41) is 2.93. The molecular formula is C21H28N2O4S2. The molecule has 0 spiro atoms. The number of methoxy groups -OCH3 is 1. The lowest BCUT2D eigenvalue weighted by atomic mass is 10.0. The van der Waals surface area contributed by atoms with Gasteiger partial charge >= 0.3 is 0 Å². The third-order valence-corrected chi connectivity index (χ3v) is 7.26. The average molecular weight is 437 g/mol. The monoisotopic (exact) mass is 436 g/mol. The first kappa shape index (κ1) is 23.3. The number of sulfonamides is 1. The second-order valence-corrected chi connectivity index (χ2v) is 9.62. The van der Waals surface area contributed by atoms with Crippen LogP contribution in [0.15, 0.2) is 52.3 Å². The van der Waals surface area contributed by atoms with Crippen molar-refractivity contribution in [3.8, 4) is 5.75 Å². The van der Waals surface area contributed by atoms with Gasteiger partial charge in [-0.1, -0.05) is 19.1 Å². The van der Waals surface area contributed by atoms with Crippen LogP contribution in [0.4, 0.5) is 0 Å². The minimum Gasteiger partial charge on any atom is -0.496 e. The van der Waals surface area contributed by atoms with Crippen LogP contribution in [-0.2, 0) is 14.8 Å². The fraction of sp³-hybridized carbons (Fsp3) is 0.381. The van der Waals surface area contributed by atoms with Crippen molar-refractivity contribution in [2.75, 3.05) is 27.0 Å². The van der Waals surface area contributed by atoms with Gasteiger partial charge in [0.25, 0.3) is 0 Å². The Labute approximate surface area is 177 Å². The Hall–Kier alpha value is -2.03. The normalized spacial score (nSPS) is 12.6. The topological polar surface area (TPSA) is 75.7 Å². The maximum atomic E-state index is 12.7. The quantitative estimate of drug-likeness (QED) is 0.608. The maximum absolute atomic E-state index is 12.7. The predicted molar refractivity (Wildman–Crippen MR) is 117 cm³/mol. The number of carbonyl (C=O) groups is 1. The largest absolute Gasteiger partial charge is 0.496 e. The third-order valence-electron chi connectivity index (χ3n) is 4.70. The Bertz CT molecular complexity index is 944. The number of thioether (sulfide) groups is 1. The first-order chi connectivity index (χ1) is 13.7. The van der Waals surface area contributed by atoms with E-state index in [2.05, 4.69) is 5.32 Å². The van der Waals surface area contributed by atoms with E-state index in [1.807, 2.05) is 38.3 Å². The number of hydrogen-bond donors (Lipinski definition) is 1. The molecule has 1 unspecified atom stereocenters. The van der Waals surface area contributed by atoms with Gasteiger partial charge in [0.05, 0.1) is 24.6 Å². The molecule has 1 N–H and O–H groups in total. The van der Waals surface area contributed by atoms with E-state index in [4.69, 9.17) is 4.74 Å². The van der Waals surface area contributed by atoms with Crippen LogP contribution in [0.1, 0.15) is 30.5 Å². The highest BCUT2D eigenvalue weighted by Crippen LogP contribution is 2.24. The number of amides is 1. The lowest BCUT2D eigenvalue weighted by Crippen LogP contribution is -2.39. The molecule has 0 aromatic heterocycles. The number of hydrogen-bond acceptors (Lipinski definition) is 5. The molecule has 8 heteroatoms. The Morgan fingerprint density at radius 3 is 2.38 bits per heavy atom. The van der Waals surface area contributed by atoms with Gasteiger partial charge in [-0.2, -0.15) is 4.31 Å². The molecule has 2 aromatic rings. The molecule has 0 heterocycles. The van der Waals surface area contributed by atoms with E-state index in [0.29, 0.717) is 6.42 Å². The number of likely N-dealkylation sites (N-methyl/N-ethyl adjacent to an activating group) is 1. The summed E-state index contributed by atoms with van der Waals surface area (Å²) in [6, 6.07) is 12.2. The van der Waals surface area contributed by atoms with Gasteiger partial charge in [-0.15, -0.1) is 11.8 Å². The Morgan fingerprint density at radius 1 is 1.21 bits per heavy atom. The minimum absolute atomic E-state index is 0.170. The summed E-state index contributed by atoms with van der Waals surface area (Å²) in [7, 11) is -0.706. The highest BCUT2D eigenvalue weighted by atomic mass is 32.2. The summed E-state index contributed by atoms with van der Waals surface area (Å²) in [6.07, 6.45) is 2.61. The average Bonchev–Trinajstić information content (AvgIpc) is 2.71. The minimum atomic E-state index is -3.74. The molecule has 6 nitrogen and oxygen atoms in total. The van der Waals surface area contributed by atoms with Crippen molar-refractivity contribution in [1.29, 1.82) is 0 Å². The number of rotatable bonds is 9. The van der Waals surface area contributed by atoms with E-state index in [9.17, 15) is 13.2 Å². The molecule has 0 aliphatic heterocycles. The van der Waals surface area contributed by atoms with Crippen molar-refractivity contribution in [3.05, 3.63) is 53.6 Å². The van der Waals surface area contributed by atoms with Gasteiger partial charge in [0.2, 0.25) is 15.9 Å². The fourth-order valence-electron chi connectivity index (χ4n) is 2.99. The van der Waals surface area contributed by atoms with Crippen LogP contribution in [-0.4, -0.2) is 45.6 Å². The van der Waals surface area contributed by atoms with E-state index in [1.165, 1.54) is 18.8 Å². The molecule has 0 fully saturated rings. The first-order valence-electron chi connectivity index (χ1n) is 9.27. The number of nitrogens with one attached hydrogen (secondary N) is 1. The first-order valence-corrected chi connectivity index (χ1v) is 11.9. The van der Waals surface area contributed by atoms with Gasteiger partial charge < -0.3 is 10.1 Å². The van der Waals surface area contributed by atoms with E-state index < -0.39 is 10.0 Å². The van der Waals surface area contributed by atoms with Gasteiger partial charge in [-0.25, -0.2) is 8.42 Å². The molecule has 1 atom stereocenters. The molecule has 158 valence electrons. The highest BCUT2D eigenvalue weighted by molar-refractivity contribution is 7.98. The summed E-state index contributed by atoms with van der Waals surface area (Å²) >= 11 is 1.54. The van der Waals surface area contributed by atoms with Gasteiger partial charge in [0, 0.05) is 11.9 Å². The Morgan fingerprint density at radius 2 is 1.86 bits per heavy atom. The zero-order chi connectivity index (χ0) is 21.6. The maximum Gasteiger partial charge on any atom is 0.243 e. The van der Waals surface area contributed by atoms with Crippen LogP contribution in [0.5, 0.6) is 5.75 Å². The van der Waals surface area contributed by atoms with Gasteiger partial charge in [-0.3, -0.25) is 4.79 Å². The summed E-state index contributed by atoms with van der Waals surface area (Å²) in [4.78, 5) is 13.7. The molecule has 0 saturated heterocycles. The number of aryl methyl sites for hydroxylation is 1. The van der Waals surface area contributed by atoms with Crippen molar-refractivity contribution in [2.24, 2.45) is 0 Å². The van der Waals surface area contributed by atoms with Crippen molar-refractivity contribution in [3.63, 3.8) is 0 Å². The third kappa shape index (κ3) is 5.74. The summed E-state index contributed by atoms with van der Waals surface area (Å²) in [6.45, 7) is 3.66. The zero-order valence-corrected chi connectivity index (χ0v) is 19.1. The lowest BCUT2D eigenvalue weighted by molar-refractivity contribution is -0.121. The lowest BCUT2D eigenvalue weighted by Gasteiger charge is -2.21. The molecule has 2 aromatic carbocycles. The molecular weight excluding hydrogens is 408 g/mol. The number of carbonyl (C=O) groups excluding carboxylic acids is 1. The van der Waals surface area contributed by atoms with Crippen molar-refractivity contribution in [2.45, 2.75) is 36.1 Å². The molecule has 0 aliphatic rings. The standard InChI is InChI=1S/C21H28N2O4S2/c1-6-19(16-7-12-20(27-4)15(2)13-16)22-21(24)14-23(3)29(25,26)18-10-8-17(28-5)9-11-18/h7-13,19H,6,14H2,1-5H3,(H,22,24). The Kier molecular flexibility index (Phi) is 8.13.